The quantitative estimate of drug-likeness (QED) is 0.574. The lowest BCUT2D eigenvalue weighted by atomic mass is 10.2. The van der Waals surface area contributed by atoms with Crippen LogP contribution in [-0.2, 0) is 25.6 Å². The van der Waals surface area contributed by atoms with Crippen molar-refractivity contribution in [1.29, 1.82) is 0 Å². The lowest BCUT2D eigenvalue weighted by Crippen LogP contribution is -2.48. The van der Waals surface area contributed by atoms with Crippen LogP contribution in [0.4, 0.5) is 4.79 Å². The summed E-state index contributed by atoms with van der Waals surface area (Å²) in [6.45, 7) is 7.68. The van der Waals surface area contributed by atoms with E-state index in [9.17, 15) is 9.59 Å². The van der Waals surface area contributed by atoms with Crippen LogP contribution in [0.1, 0.15) is 33.3 Å². The molecule has 0 aromatic heterocycles. The molecule has 0 saturated heterocycles. The SMILES string of the molecule is CC(=O)OC[C@H]1C=C[C@@H](COCc2ccccc2)N1C(=O)OC(C)(C)C. The molecule has 1 aromatic carbocycles. The van der Waals surface area contributed by atoms with Gasteiger partial charge in [-0.2, -0.15) is 0 Å². The van der Waals surface area contributed by atoms with Crippen LogP contribution >= 0.6 is 0 Å². The molecule has 0 bridgehead atoms. The molecule has 1 aromatic rings. The van der Waals surface area contributed by atoms with Crippen molar-refractivity contribution in [1.82, 2.24) is 4.90 Å². The van der Waals surface area contributed by atoms with Gasteiger partial charge in [-0.15, -0.1) is 0 Å². The Kier molecular flexibility index (Phi) is 6.80. The summed E-state index contributed by atoms with van der Waals surface area (Å²) in [5, 5.41) is 0. The molecule has 0 fully saturated rings. The summed E-state index contributed by atoms with van der Waals surface area (Å²) in [6.07, 6.45) is 3.29. The van der Waals surface area contributed by atoms with Gasteiger partial charge in [0.25, 0.3) is 0 Å². The zero-order valence-corrected chi connectivity index (χ0v) is 15.8. The Morgan fingerprint density at radius 2 is 1.65 bits per heavy atom. The van der Waals surface area contributed by atoms with E-state index >= 15 is 0 Å². The van der Waals surface area contributed by atoms with Gasteiger partial charge in [-0.25, -0.2) is 4.79 Å². The first-order chi connectivity index (χ1) is 12.3. The summed E-state index contributed by atoms with van der Waals surface area (Å²) in [7, 11) is 0. The van der Waals surface area contributed by atoms with E-state index in [2.05, 4.69) is 0 Å². The number of carbonyl (C=O) groups is 2. The predicted octanol–water partition coefficient (Wildman–Crippen LogP) is 3.31. The molecule has 1 amide bonds. The standard InChI is InChI=1S/C20H27NO5/c1-15(22)25-14-18-11-10-17(21(18)19(23)26-20(2,3)4)13-24-12-16-8-6-5-7-9-16/h5-11,17-18H,12-14H2,1-4H3/t17-,18+/m0/s1. The van der Waals surface area contributed by atoms with Crippen molar-refractivity contribution in [3.05, 3.63) is 48.0 Å². The van der Waals surface area contributed by atoms with Gasteiger partial charge < -0.3 is 14.2 Å². The van der Waals surface area contributed by atoms with Crippen LogP contribution in [0.5, 0.6) is 0 Å². The monoisotopic (exact) mass is 361 g/mol. The summed E-state index contributed by atoms with van der Waals surface area (Å²) in [5.41, 5.74) is 0.455. The molecule has 0 unspecified atom stereocenters. The highest BCUT2D eigenvalue weighted by molar-refractivity contribution is 5.71. The van der Waals surface area contributed by atoms with Gasteiger partial charge in [-0.1, -0.05) is 42.5 Å². The van der Waals surface area contributed by atoms with Crippen molar-refractivity contribution in [2.75, 3.05) is 13.2 Å². The molecule has 0 aliphatic carbocycles. The maximum atomic E-state index is 12.6. The molecule has 0 saturated carbocycles. The van der Waals surface area contributed by atoms with E-state index in [0.717, 1.165) is 5.56 Å². The van der Waals surface area contributed by atoms with Crippen LogP contribution in [0, 0.1) is 0 Å². The van der Waals surface area contributed by atoms with Gasteiger partial charge in [0, 0.05) is 6.92 Å². The highest BCUT2D eigenvalue weighted by atomic mass is 16.6. The van der Waals surface area contributed by atoms with Crippen molar-refractivity contribution in [3.63, 3.8) is 0 Å². The van der Waals surface area contributed by atoms with Gasteiger partial charge in [0.2, 0.25) is 0 Å². The number of rotatable bonds is 6. The van der Waals surface area contributed by atoms with E-state index in [-0.39, 0.29) is 24.7 Å². The van der Waals surface area contributed by atoms with Gasteiger partial charge in [0.15, 0.2) is 0 Å². The third kappa shape index (κ3) is 6.19. The molecular weight excluding hydrogens is 334 g/mol. The average molecular weight is 361 g/mol. The highest BCUT2D eigenvalue weighted by Crippen LogP contribution is 2.22. The van der Waals surface area contributed by atoms with Crippen molar-refractivity contribution in [3.8, 4) is 0 Å². The number of hydrogen-bond acceptors (Lipinski definition) is 5. The summed E-state index contributed by atoms with van der Waals surface area (Å²) < 4.78 is 16.4. The first kappa shape index (κ1) is 20.0. The maximum Gasteiger partial charge on any atom is 0.411 e. The molecule has 2 atom stereocenters. The van der Waals surface area contributed by atoms with Gasteiger partial charge in [-0.05, 0) is 26.3 Å². The molecule has 6 heteroatoms. The minimum absolute atomic E-state index is 0.0975. The van der Waals surface area contributed by atoms with Crippen LogP contribution < -0.4 is 0 Å². The van der Waals surface area contributed by atoms with E-state index in [0.29, 0.717) is 13.2 Å². The molecule has 142 valence electrons. The molecule has 6 nitrogen and oxygen atoms in total. The van der Waals surface area contributed by atoms with E-state index in [1.54, 1.807) is 4.90 Å². The van der Waals surface area contributed by atoms with Gasteiger partial charge >= 0.3 is 12.1 Å². The number of carbonyl (C=O) groups excluding carboxylic acids is 2. The number of hydrogen-bond donors (Lipinski definition) is 0. The molecule has 0 spiro atoms. The Hall–Kier alpha value is -2.34. The predicted molar refractivity (Wildman–Crippen MR) is 97.5 cm³/mol. The summed E-state index contributed by atoms with van der Waals surface area (Å²) in [4.78, 5) is 25.3. The number of esters is 1. The van der Waals surface area contributed by atoms with E-state index < -0.39 is 11.7 Å². The van der Waals surface area contributed by atoms with Crippen LogP contribution in [0.2, 0.25) is 0 Å². The smallest absolute Gasteiger partial charge is 0.411 e. The van der Waals surface area contributed by atoms with Gasteiger partial charge in [0.05, 0.1) is 25.3 Å². The van der Waals surface area contributed by atoms with Crippen molar-refractivity contribution >= 4 is 12.1 Å². The van der Waals surface area contributed by atoms with Gasteiger partial charge in [-0.3, -0.25) is 9.69 Å². The molecule has 2 rings (SSSR count). The number of benzene rings is 1. The van der Waals surface area contributed by atoms with E-state index in [4.69, 9.17) is 14.2 Å². The fraction of sp³-hybridized carbons (Fsp3) is 0.500. The number of nitrogens with zero attached hydrogens (tertiary/aromatic N) is 1. The lowest BCUT2D eigenvalue weighted by Gasteiger charge is -2.32. The lowest BCUT2D eigenvalue weighted by molar-refractivity contribution is -0.142. The molecule has 0 radical (unpaired) electrons. The Bertz CT molecular complexity index is 635. The Balaban J connectivity index is 1.99. The first-order valence-corrected chi connectivity index (χ1v) is 8.71. The van der Waals surface area contributed by atoms with Crippen LogP contribution in [-0.4, -0.2) is 47.9 Å². The Morgan fingerprint density at radius 1 is 1.04 bits per heavy atom. The fourth-order valence-corrected chi connectivity index (χ4v) is 2.62. The first-order valence-electron chi connectivity index (χ1n) is 8.71. The normalized spacial score (nSPS) is 19.5. The third-order valence-electron chi connectivity index (χ3n) is 3.73. The van der Waals surface area contributed by atoms with E-state index in [1.165, 1.54) is 6.92 Å². The zero-order valence-electron chi connectivity index (χ0n) is 15.8. The largest absolute Gasteiger partial charge is 0.463 e. The molecule has 1 heterocycles. The number of ether oxygens (including phenoxy) is 3. The minimum Gasteiger partial charge on any atom is -0.463 e. The van der Waals surface area contributed by atoms with E-state index in [1.807, 2.05) is 63.3 Å². The second kappa shape index (κ2) is 8.85. The highest BCUT2D eigenvalue weighted by Gasteiger charge is 2.36. The molecule has 26 heavy (non-hydrogen) atoms. The minimum atomic E-state index is -0.610. The van der Waals surface area contributed by atoms with Crippen molar-refractivity contribution in [2.24, 2.45) is 0 Å². The molecule has 1 aliphatic heterocycles. The molecule has 1 aliphatic rings. The fourth-order valence-electron chi connectivity index (χ4n) is 2.62. The molecule has 0 N–H and O–H groups in total. The number of amides is 1. The van der Waals surface area contributed by atoms with Crippen LogP contribution in [0.3, 0.4) is 0 Å². The van der Waals surface area contributed by atoms with Crippen molar-refractivity contribution < 1.29 is 23.8 Å². The van der Waals surface area contributed by atoms with Gasteiger partial charge in [0.1, 0.15) is 12.2 Å². The topological polar surface area (TPSA) is 65.1 Å². The Morgan fingerprint density at radius 3 is 2.23 bits per heavy atom. The third-order valence-corrected chi connectivity index (χ3v) is 3.73. The Labute approximate surface area is 154 Å². The van der Waals surface area contributed by atoms with Crippen LogP contribution in [0.25, 0.3) is 0 Å². The second-order valence-electron chi connectivity index (χ2n) is 7.21. The average Bonchev–Trinajstić information content (AvgIpc) is 2.95. The summed E-state index contributed by atoms with van der Waals surface area (Å²) in [6, 6.07) is 9.20. The van der Waals surface area contributed by atoms with Crippen LogP contribution in [0.15, 0.2) is 42.5 Å². The maximum absolute atomic E-state index is 12.6. The molecular formula is C20H27NO5. The summed E-state index contributed by atoms with van der Waals surface area (Å²) in [5.74, 6) is -0.383. The summed E-state index contributed by atoms with van der Waals surface area (Å²) >= 11 is 0. The second-order valence-corrected chi connectivity index (χ2v) is 7.21. The van der Waals surface area contributed by atoms with Crippen molar-refractivity contribution in [2.45, 2.75) is 52.0 Å². The zero-order chi connectivity index (χ0) is 19.2.